The predicted molar refractivity (Wildman–Crippen MR) is 96.1 cm³/mol. The lowest BCUT2D eigenvalue weighted by molar-refractivity contribution is 0.0954. The van der Waals surface area contributed by atoms with Gasteiger partial charge >= 0.3 is 0 Å². The SMILES string of the molecule is Cc1[nH]nc(-c2ccccc2OCCc2ccccc2)c1C(=O)NN. The molecule has 4 N–H and O–H groups in total. The molecule has 2 aromatic carbocycles. The van der Waals surface area contributed by atoms with Gasteiger partial charge in [0, 0.05) is 17.7 Å². The van der Waals surface area contributed by atoms with E-state index in [0.717, 1.165) is 12.0 Å². The Hall–Kier alpha value is -3.12. The molecule has 3 aromatic rings. The molecule has 25 heavy (non-hydrogen) atoms. The van der Waals surface area contributed by atoms with Crippen molar-refractivity contribution in [3.05, 3.63) is 71.4 Å². The van der Waals surface area contributed by atoms with Crippen molar-refractivity contribution in [2.75, 3.05) is 6.61 Å². The molecule has 0 aliphatic carbocycles. The molecule has 3 rings (SSSR count). The van der Waals surface area contributed by atoms with E-state index in [-0.39, 0.29) is 5.91 Å². The van der Waals surface area contributed by atoms with Crippen molar-refractivity contribution in [3.8, 4) is 17.0 Å². The number of hydrogen-bond acceptors (Lipinski definition) is 4. The summed E-state index contributed by atoms with van der Waals surface area (Å²) in [7, 11) is 0. The lowest BCUT2D eigenvalue weighted by atomic mass is 10.0. The van der Waals surface area contributed by atoms with Crippen LogP contribution in [-0.4, -0.2) is 22.7 Å². The fraction of sp³-hybridized carbons (Fsp3) is 0.158. The Morgan fingerprint density at radius 2 is 1.88 bits per heavy atom. The van der Waals surface area contributed by atoms with Crippen LogP contribution in [-0.2, 0) is 6.42 Å². The number of nitrogens with one attached hydrogen (secondary N) is 2. The fourth-order valence-electron chi connectivity index (χ4n) is 2.69. The van der Waals surface area contributed by atoms with E-state index in [1.165, 1.54) is 5.56 Å². The summed E-state index contributed by atoms with van der Waals surface area (Å²) >= 11 is 0. The second kappa shape index (κ2) is 7.63. The summed E-state index contributed by atoms with van der Waals surface area (Å²) in [5.74, 6) is 5.58. The maximum absolute atomic E-state index is 12.1. The number of amides is 1. The molecule has 6 nitrogen and oxygen atoms in total. The van der Waals surface area contributed by atoms with Gasteiger partial charge in [0.1, 0.15) is 11.4 Å². The fourth-order valence-corrected chi connectivity index (χ4v) is 2.69. The van der Waals surface area contributed by atoms with Crippen LogP contribution in [0.4, 0.5) is 0 Å². The molecule has 0 saturated heterocycles. The highest BCUT2D eigenvalue weighted by molar-refractivity contribution is 6.01. The normalized spacial score (nSPS) is 10.5. The van der Waals surface area contributed by atoms with Gasteiger partial charge in [-0.2, -0.15) is 5.10 Å². The lowest BCUT2D eigenvalue weighted by Gasteiger charge is -2.11. The van der Waals surface area contributed by atoms with Gasteiger partial charge in [0.05, 0.1) is 12.2 Å². The Balaban J connectivity index is 1.83. The maximum Gasteiger partial charge on any atom is 0.269 e. The van der Waals surface area contributed by atoms with Crippen molar-refractivity contribution in [1.29, 1.82) is 0 Å². The molecule has 0 saturated carbocycles. The number of rotatable bonds is 6. The number of nitrogen functional groups attached to an aromatic ring is 1. The van der Waals surface area contributed by atoms with Crippen molar-refractivity contribution in [2.24, 2.45) is 5.84 Å². The Bertz CT molecular complexity index is 859. The van der Waals surface area contributed by atoms with Gasteiger partial charge in [-0.05, 0) is 24.6 Å². The van der Waals surface area contributed by atoms with Crippen LogP contribution in [0.25, 0.3) is 11.3 Å². The lowest BCUT2D eigenvalue weighted by Crippen LogP contribution is -2.30. The van der Waals surface area contributed by atoms with Crippen LogP contribution in [0.5, 0.6) is 5.75 Å². The molecule has 0 bridgehead atoms. The van der Waals surface area contributed by atoms with Gasteiger partial charge < -0.3 is 4.74 Å². The average molecular weight is 336 g/mol. The van der Waals surface area contributed by atoms with Crippen molar-refractivity contribution < 1.29 is 9.53 Å². The van der Waals surface area contributed by atoms with Crippen LogP contribution in [0.15, 0.2) is 54.6 Å². The van der Waals surface area contributed by atoms with Crippen molar-refractivity contribution in [3.63, 3.8) is 0 Å². The number of H-pyrrole nitrogens is 1. The summed E-state index contributed by atoms with van der Waals surface area (Å²) in [4.78, 5) is 12.1. The predicted octanol–water partition coefficient (Wildman–Crippen LogP) is 2.61. The highest BCUT2D eigenvalue weighted by Crippen LogP contribution is 2.32. The zero-order chi connectivity index (χ0) is 17.6. The van der Waals surface area contributed by atoms with Crippen LogP contribution < -0.4 is 16.0 Å². The van der Waals surface area contributed by atoms with Gasteiger partial charge in [-0.15, -0.1) is 0 Å². The topological polar surface area (TPSA) is 93.0 Å². The third-order valence-corrected chi connectivity index (χ3v) is 3.94. The number of aromatic nitrogens is 2. The number of ether oxygens (including phenoxy) is 1. The van der Waals surface area contributed by atoms with Crippen LogP contribution >= 0.6 is 0 Å². The number of hydrogen-bond donors (Lipinski definition) is 3. The quantitative estimate of drug-likeness (QED) is 0.366. The molecule has 0 spiro atoms. The second-order valence-corrected chi connectivity index (χ2v) is 5.63. The Morgan fingerprint density at radius 3 is 2.64 bits per heavy atom. The first-order valence-corrected chi connectivity index (χ1v) is 8.02. The summed E-state index contributed by atoms with van der Waals surface area (Å²) in [5, 5.41) is 7.10. The van der Waals surface area contributed by atoms with Gasteiger partial charge in [0.25, 0.3) is 5.91 Å². The highest BCUT2D eigenvalue weighted by atomic mass is 16.5. The van der Waals surface area contributed by atoms with E-state index >= 15 is 0 Å². The Kier molecular flexibility index (Phi) is 5.11. The standard InChI is InChI=1S/C19H20N4O2/c1-13-17(19(24)21-20)18(23-22-13)15-9-5-6-10-16(15)25-12-11-14-7-3-2-4-8-14/h2-10H,11-12,20H2,1H3,(H,21,24)(H,22,23). The van der Waals surface area contributed by atoms with Gasteiger partial charge in [-0.25, -0.2) is 5.84 Å². The third kappa shape index (κ3) is 3.70. The molecular formula is C19H20N4O2. The minimum Gasteiger partial charge on any atom is -0.493 e. The zero-order valence-corrected chi connectivity index (χ0v) is 14.0. The number of carbonyl (C=O) groups is 1. The first-order valence-electron chi connectivity index (χ1n) is 8.02. The molecule has 6 heteroatoms. The van der Waals surface area contributed by atoms with E-state index in [9.17, 15) is 4.79 Å². The molecule has 0 radical (unpaired) electrons. The van der Waals surface area contributed by atoms with Gasteiger partial charge in [-0.3, -0.25) is 15.3 Å². The summed E-state index contributed by atoms with van der Waals surface area (Å²) in [6.07, 6.45) is 0.797. The first kappa shape index (κ1) is 16.7. The molecule has 0 fully saturated rings. The van der Waals surface area contributed by atoms with E-state index < -0.39 is 0 Å². The van der Waals surface area contributed by atoms with Crippen molar-refractivity contribution in [2.45, 2.75) is 13.3 Å². The Morgan fingerprint density at radius 1 is 1.16 bits per heavy atom. The number of para-hydroxylation sites is 1. The monoisotopic (exact) mass is 336 g/mol. The smallest absolute Gasteiger partial charge is 0.269 e. The number of nitrogens with zero attached hydrogens (tertiary/aromatic N) is 1. The molecule has 0 unspecified atom stereocenters. The van der Waals surface area contributed by atoms with E-state index in [1.807, 2.05) is 42.5 Å². The third-order valence-electron chi connectivity index (χ3n) is 3.94. The van der Waals surface area contributed by atoms with Crippen LogP contribution in [0.3, 0.4) is 0 Å². The molecule has 0 atom stereocenters. The van der Waals surface area contributed by atoms with E-state index in [4.69, 9.17) is 10.6 Å². The summed E-state index contributed by atoms with van der Waals surface area (Å²) in [5.41, 5.74) is 5.71. The minimum atomic E-state index is -0.389. The summed E-state index contributed by atoms with van der Waals surface area (Å²) < 4.78 is 5.96. The molecule has 1 aromatic heterocycles. The summed E-state index contributed by atoms with van der Waals surface area (Å²) in [6, 6.07) is 17.7. The molecule has 128 valence electrons. The molecule has 1 amide bonds. The second-order valence-electron chi connectivity index (χ2n) is 5.63. The van der Waals surface area contributed by atoms with Crippen LogP contribution in [0.1, 0.15) is 21.6 Å². The van der Waals surface area contributed by atoms with E-state index in [2.05, 4.69) is 27.8 Å². The number of aryl methyl sites for hydroxylation is 1. The first-order chi connectivity index (χ1) is 12.2. The van der Waals surface area contributed by atoms with E-state index in [0.29, 0.717) is 29.3 Å². The van der Waals surface area contributed by atoms with Crippen LogP contribution in [0, 0.1) is 6.92 Å². The number of nitrogens with two attached hydrogens (primary N) is 1. The zero-order valence-electron chi connectivity index (χ0n) is 14.0. The van der Waals surface area contributed by atoms with Crippen LogP contribution in [0.2, 0.25) is 0 Å². The maximum atomic E-state index is 12.1. The van der Waals surface area contributed by atoms with Crippen molar-refractivity contribution >= 4 is 5.91 Å². The number of carbonyl (C=O) groups excluding carboxylic acids is 1. The summed E-state index contributed by atoms with van der Waals surface area (Å²) in [6.45, 7) is 2.31. The van der Waals surface area contributed by atoms with E-state index in [1.54, 1.807) is 6.92 Å². The minimum absolute atomic E-state index is 0.389. The average Bonchev–Trinajstić information content (AvgIpc) is 3.04. The van der Waals surface area contributed by atoms with Crippen molar-refractivity contribution in [1.82, 2.24) is 15.6 Å². The number of aromatic amines is 1. The molecular weight excluding hydrogens is 316 g/mol. The molecule has 1 heterocycles. The molecule has 0 aliphatic heterocycles. The molecule has 0 aliphatic rings. The largest absolute Gasteiger partial charge is 0.493 e. The van der Waals surface area contributed by atoms with Gasteiger partial charge in [0.15, 0.2) is 0 Å². The Labute approximate surface area is 146 Å². The highest BCUT2D eigenvalue weighted by Gasteiger charge is 2.21. The van der Waals surface area contributed by atoms with Gasteiger partial charge in [-0.1, -0.05) is 42.5 Å². The van der Waals surface area contributed by atoms with Gasteiger partial charge in [0.2, 0.25) is 0 Å². The number of hydrazine groups is 1. The number of benzene rings is 2.